The highest BCUT2D eigenvalue weighted by molar-refractivity contribution is 6.02. The van der Waals surface area contributed by atoms with Crippen LogP contribution in [0.2, 0.25) is 0 Å². The molecule has 2 heterocycles. The number of benzene rings is 1. The first-order valence-corrected chi connectivity index (χ1v) is 8.06. The minimum absolute atomic E-state index is 0.0225. The van der Waals surface area contributed by atoms with Crippen LogP contribution in [-0.4, -0.2) is 43.7 Å². The summed E-state index contributed by atoms with van der Waals surface area (Å²) in [5.74, 6) is 0.779. The lowest BCUT2D eigenvalue weighted by molar-refractivity contribution is -0.126. The molecule has 2 aliphatic heterocycles. The molecule has 2 fully saturated rings. The summed E-state index contributed by atoms with van der Waals surface area (Å²) in [6.45, 7) is 2.75. The summed E-state index contributed by atoms with van der Waals surface area (Å²) in [5, 5.41) is 3.05. The van der Waals surface area contributed by atoms with Gasteiger partial charge in [-0.3, -0.25) is 14.5 Å². The van der Waals surface area contributed by atoms with Crippen molar-refractivity contribution in [3.8, 4) is 5.75 Å². The first kappa shape index (κ1) is 14.5. The van der Waals surface area contributed by atoms with Gasteiger partial charge in [-0.15, -0.1) is 0 Å². The number of ether oxygens (including phenoxy) is 2. The highest BCUT2D eigenvalue weighted by Crippen LogP contribution is 2.38. The monoisotopic (exact) mass is 316 g/mol. The van der Waals surface area contributed by atoms with Crippen LogP contribution in [0.1, 0.15) is 18.4 Å². The van der Waals surface area contributed by atoms with Crippen LogP contribution in [0.15, 0.2) is 18.2 Å². The van der Waals surface area contributed by atoms with Crippen molar-refractivity contribution >= 4 is 17.5 Å². The van der Waals surface area contributed by atoms with Gasteiger partial charge >= 0.3 is 0 Å². The van der Waals surface area contributed by atoms with Gasteiger partial charge in [-0.1, -0.05) is 6.07 Å². The van der Waals surface area contributed by atoms with Gasteiger partial charge in [-0.25, -0.2) is 0 Å². The second-order valence-electron chi connectivity index (χ2n) is 6.51. The number of carbonyl (C=O) groups is 2. The van der Waals surface area contributed by atoms with Gasteiger partial charge in [0.2, 0.25) is 5.91 Å². The second-order valence-corrected chi connectivity index (χ2v) is 6.51. The summed E-state index contributed by atoms with van der Waals surface area (Å²) < 4.78 is 11.0. The molecule has 1 aromatic carbocycles. The van der Waals surface area contributed by atoms with E-state index in [4.69, 9.17) is 9.47 Å². The number of nitrogens with zero attached hydrogens (tertiary/aromatic N) is 1. The summed E-state index contributed by atoms with van der Waals surface area (Å²) in [6, 6.07) is 5.84. The standard InChI is InChI=1S/C17H20N2O4/c1-10-2-3-14-13(6-10)19(17(21)9-23-14)8-16(20)18-12-7-15-11(12)4-5-22-15/h2-3,6,11-12,15H,4-5,7-9H2,1H3,(H,18,20)/t11-,12+,15+/m0/s1. The Morgan fingerprint density at radius 1 is 1.43 bits per heavy atom. The van der Waals surface area contributed by atoms with E-state index in [1.54, 1.807) is 0 Å². The van der Waals surface area contributed by atoms with E-state index in [-0.39, 0.29) is 31.0 Å². The number of hydrogen-bond donors (Lipinski definition) is 1. The molecule has 1 N–H and O–H groups in total. The molecule has 1 aliphatic carbocycles. The van der Waals surface area contributed by atoms with Crippen molar-refractivity contribution in [1.29, 1.82) is 0 Å². The van der Waals surface area contributed by atoms with Crippen LogP contribution in [0.3, 0.4) is 0 Å². The zero-order valence-corrected chi connectivity index (χ0v) is 13.1. The lowest BCUT2D eigenvalue weighted by Gasteiger charge is -2.39. The number of hydrogen-bond acceptors (Lipinski definition) is 4. The van der Waals surface area contributed by atoms with Crippen molar-refractivity contribution in [2.75, 3.05) is 24.7 Å². The molecule has 0 radical (unpaired) electrons. The molecule has 2 amide bonds. The van der Waals surface area contributed by atoms with E-state index >= 15 is 0 Å². The summed E-state index contributed by atoms with van der Waals surface area (Å²) >= 11 is 0. The van der Waals surface area contributed by atoms with E-state index in [0.29, 0.717) is 23.5 Å². The first-order chi connectivity index (χ1) is 11.1. The van der Waals surface area contributed by atoms with Crippen LogP contribution >= 0.6 is 0 Å². The Balaban J connectivity index is 1.44. The van der Waals surface area contributed by atoms with E-state index in [9.17, 15) is 9.59 Å². The molecule has 1 saturated carbocycles. The highest BCUT2D eigenvalue weighted by Gasteiger charge is 2.45. The molecule has 1 saturated heterocycles. The molecule has 6 heteroatoms. The van der Waals surface area contributed by atoms with Gasteiger partial charge in [0.1, 0.15) is 12.3 Å². The number of rotatable bonds is 3. The van der Waals surface area contributed by atoms with Crippen LogP contribution in [0, 0.1) is 12.8 Å². The molecule has 3 atom stereocenters. The van der Waals surface area contributed by atoms with Crippen LogP contribution in [0.5, 0.6) is 5.75 Å². The van der Waals surface area contributed by atoms with Crippen LogP contribution in [0.25, 0.3) is 0 Å². The van der Waals surface area contributed by atoms with Gasteiger partial charge in [-0.05, 0) is 37.5 Å². The Morgan fingerprint density at radius 2 is 2.30 bits per heavy atom. The van der Waals surface area contributed by atoms with Gasteiger partial charge < -0.3 is 14.8 Å². The molecule has 4 rings (SSSR count). The summed E-state index contributed by atoms with van der Waals surface area (Å²) in [4.78, 5) is 26.0. The molecular formula is C17H20N2O4. The molecule has 3 aliphatic rings. The fourth-order valence-corrected chi connectivity index (χ4v) is 3.64. The lowest BCUT2D eigenvalue weighted by atomic mass is 9.76. The Labute approximate surface area is 134 Å². The third-order valence-electron chi connectivity index (χ3n) is 4.97. The van der Waals surface area contributed by atoms with E-state index in [1.165, 1.54) is 4.90 Å². The van der Waals surface area contributed by atoms with Gasteiger partial charge in [0.15, 0.2) is 6.61 Å². The summed E-state index contributed by atoms with van der Waals surface area (Å²) in [6.07, 6.45) is 2.20. The molecule has 0 spiro atoms. The minimum Gasteiger partial charge on any atom is -0.482 e. The Hall–Kier alpha value is -2.08. The number of aryl methyl sites for hydroxylation is 1. The van der Waals surface area contributed by atoms with Crippen molar-refractivity contribution < 1.29 is 19.1 Å². The Bertz CT molecular complexity index is 660. The number of carbonyl (C=O) groups excluding carboxylic acids is 2. The number of anilines is 1. The number of nitrogens with one attached hydrogen (secondary N) is 1. The predicted octanol–water partition coefficient (Wildman–Crippen LogP) is 1.01. The van der Waals surface area contributed by atoms with E-state index in [1.807, 2.05) is 25.1 Å². The fourth-order valence-electron chi connectivity index (χ4n) is 3.64. The van der Waals surface area contributed by atoms with Crippen LogP contribution in [-0.2, 0) is 14.3 Å². The zero-order valence-electron chi connectivity index (χ0n) is 13.1. The molecule has 0 unspecified atom stereocenters. The maximum absolute atomic E-state index is 12.4. The van der Waals surface area contributed by atoms with E-state index < -0.39 is 0 Å². The molecular weight excluding hydrogens is 296 g/mol. The van der Waals surface area contributed by atoms with Gasteiger partial charge in [0.25, 0.3) is 5.91 Å². The van der Waals surface area contributed by atoms with Crippen LogP contribution < -0.4 is 15.0 Å². The van der Waals surface area contributed by atoms with E-state index in [2.05, 4.69) is 5.32 Å². The Morgan fingerprint density at radius 3 is 3.13 bits per heavy atom. The SMILES string of the molecule is Cc1ccc2c(c1)N(CC(=O)N[C@@H]1C[C@H]3OCC[C@@H]13)C(=O)CO2. The third kappa shape index (κ3) is 2.57. The molecule has 1 aromatic rings. The smallest absolute Gasteiger partial charge is 0.265 e. The zero-order chi connectivity index (χ0) is 16.0. The molecule has 23 heavy (non-hydrogen) atoms. The van der Waals surface area contributed by atoms with E-state index in [0.717, 1.165) is 25.0 Å². The van der Waals surface area contributed by atoms with Gasteiger partial charge in [0, 0.05) is 18.6 Å². The summed E-state index contributed by atoms with van der Waals surface area (Å²) in [5.41, 5.74) is 1.70. The van der Waals surface area contributed by atoms with Crippen molar-refractivity contribution in [2.24, 2.45) is 5.92 Å². The minimum atomic E-state index is -0.186. The van der Waals surface area contributed by atoms with Crippen molar-refractivity contribution in [1.82, 2.24) is 5.32 Å². The number of fused-ring (bicyclic) bond motifs is 2. The predicted molar refractivity (Wildman–Crippen MR) is 83.4 cm³/mol. The average Bonchev–Trinajstić information content (AvgIpc) is 2.89. The maximum Gasteiger partial charge on any atom is 0.265 e. The topological polar surface area (TPSA) is 67.9 Å². The maximum atomic E-state index is 12.4. The number of amides is 2. The van der Waals surface area contributed by atoms with Crippen molar-refractivity contribution in [3.63, 3.8) is 0 Å². The normalized spacial score (nSPS) is 28.5. The molecule has 0 bridgehead atoms. The quantitative estimate of drug-likeness (QED) is 0.904. The second kappa shape index (κ2) is 5.53. The largest absolute Gasteiger partial charge is 0.482 e. The van der Waals surface area contributed by atoms with Crippen molar-refractivity contribution in [3.05, 3.63) is 23.8 Å². The van der Waals surface area contributed by atoms with Crippen molar-refractivity contribution in [2.45, 2.75) is 31.9 Å². The molecule has 122 valence electrons. The highest BCUT2D eigenvalue weighted by atomic mass is 16.5. The summed E-state index contributed by atoms with van der Waals surface area (Å²) in [7, 11) is 0. The molecule has 0 aromatic heterocycles. The third-order valence-corrected chi connectivity index (χ3v) is 4.97. The van der Waals surface area contributed by atoms with Gasteiger partial charge in [0.05, 0.1) is 11.8 Å². The molecule has 6 nitrogen and oxygen atoms in total. The first-order valence-electron chi connectivity index (χ1n) is 8.06. The average molecular weight is 316 g/mol. The Kier molecular flexibility index (Phi) is 3.49. The van der Waals surface area contributed by atoms with Crippen LogP contribution in [0.4, 0.5) is 5.69 Å². The van der Waals surface area contributed by atoms with Gasteiger partial charge in [-0.2, -0.15) is 0 Å². The fraction of sp³-hybridized carbons (Fsp3) is 0.529. The lowest BCUT2D eigenvalue weighted by Crippen LogP contribution is -2.56.